The van der Waals surface area contributed by atoms with Crippen molar-refractivity contribution >= 4 is 23.3 Å². The molecule has 1 atom stereocenters. The molecule has 1 aromatic heterocycles. The standard InChI is InChI=1S/C22H29FN6O2/c1-15(30)29-11-7-10-19(29)22-24-16(12-20(26-22)27(2)3)13-28(4)14-21(31)25-18-9-6-5-8-17(18)23/h5-6,8-9,12,19H,7,10-11,13-14H2,1-4H3,(H,25,31)/t19-/m0/s1. The van der Waals surface area contributed by atoms with Crippen LogP contribution < -0.4 is 10.2 Å². The van der Waals surface area contributed by atoms with E-state index >= 15 is 0 Å². The van der Waals surface area contributed by atoms with Crippen molar-refractivity contribution in [1.82, 2.24) is 19.8 Å². The van der Waals surface area contributed by atoms with E-state index in [0.29, 0.717) is 18.9 Å². The Morgan fingerprint density at radius 3 is 2.65 bits per heavy atom. The van der Waals surface area contributed by atoms with E-state index in [1.165, 1.54) is 12.1 Å². The molecule has 31 heavy (non-hydrogen) atoms. The highest BCUT2D eigenvalue weighted by Gasteiger charge is 2.30. The lowest BCUT2D eigenvalue weighted by Gasteiger charge is -2.24. The van der Waals surface area contributed by atoms with E-state index < -0.39 is 5.82 Å². The minimum atomic E-state index is -0.471. The molecule has 2 amide bonds. The number of carbonyl (C=O) groups excluding carboxylic acids is 2. The van der Waals surface area contributed by atoms with Crippen LogP contribution in [0.2, 0.25) is 0 Å². The number of hydrogen-bond acceptors (Lipinski definition) is 6. The van der Waals surface area contributed by atoms with E-state index in [1.54, 1.807) is 31.0 Å². The van der Waals surface area contributed by atoms with Gasteiger partial charge in [-0.15, -0.1) is 0 Å². The number of hydrogen-bond donors (Lipinski definition) is 1. The van der Waals surface area contributed by atoms with Crippen molar-refractivity contribution in [3.05, 3.63) is 47.7 Å². The van der Waals surface area contributed by atoms with Gasteiger partial charge in [0.2, 0.25) is 11.8 Å². The Morgan fingerprint density at radius 2 is 1.97 bits per heavy atom. The second-order valence-electron chi connectivity index (χ2n) is 8.04. The third kappa shape index (κ3) is 5.75. The average molecular weight is 429 g/mol. The molecule has 1 aliphatic heterocycles. The van der Waals surface area contributed by atoms with Gasteiger partial charge in [0.25, 0.3) is 0 Å². The van der Waals surface area contributed by atoms with E-state index in [2.05, 4.69) is 10.3 Å². The Bertz CT molecular complexity index is 951. The highest BCUT2D eigenvalue weighted by Crippen LogP contribution is 2.31. The van der Waals surface area contributed by atoms with Gasteiger partial charge >= 0.3 is 0 Å². The number of para-hydroxylation sites is 1. The summed E-state index contributed by atoms with van der Waals surface area (Å²) in [5, 5.41) is 2.59. The fourth-order valence-corrected chi connectivity index (χ4v) is 3.70. The van der Waals surface area contributed by atoms with E-state index in [-0.39, 0.29) is 30.1 Å². The number of anilines is 2. The van der Waals surface area contributed by atoms with Gasteiger partial charge in [-0.05, 0) is 32.0 Å². The maximum absolute atomic E-state index is 13.8. The number of halogens is 1. The van der Waals surface area contributed by atoms with Crippen LogP contribution in [0.15, 0.2) is 30.3 Å². The third-order valence-electron chi connectivity index (χ3n) is 5.19. The summed E-state index contributed by atoms with van der Waals surface area (Å²) in [5.41, 5.74) is 0.913. The van der Waals surface area contributed by atoms with Crippen molar-refractivity contribution in [2.24, 2.45) is 0 Å². The Kier molecular flexibility index (Phi) is 7.17. The van der Waals surface area contributed by atoms with Gasteiger partial charge in [0.05, 0.1) is 24.0 Å². The van der Waals surface area contributed by atoms with Crippen molar-refractivity contribution in [3.63, 3.8) is 0 Å². The molecule has 0 spiro atoms. The first-order valence-corrected chi connectivity index (χ1v) is 10.3. The highest BCUT2D eigenvalue weighted by molar-refractivity contribution is 5.92. The van der Waals surface area contributed by atoms with Gasteiger partial charge in [-0.3, -0.25) is 14.5 Å². The van der Waals surface area contributed by atoms with Crippen molar-refractivity contribution in [3.8, 4) is 0 Å². The molecule has 9 heteroatoms. The Labute approximate surface area is 182 Å². The first kappa shape index (κ1) is 22.6. The number of rotatable bonds is 7. The van der Waals surface area contributed by atoms with Crippen LogP contribution in [0.3, 0.4) is 0 Å². The lowest BCUT2D eigenvalue weighted by Crippen LogP contribution is -2.32. The number of nitrogens with zero attached hydrogens (tertiary/aromatic N) is 5. The molecule has 1 N–H and O–H groups in total. The van der Waals surface area contributed by atoms with E-state index in [0.717, 1.165) is 24.4 Å². The van der Waals surface area contributed by atoms with Crippen LogP contribution in [0.25, 0.3) is 0 Å². The molecule has 2 aromatic rings. The van der Waals surface area contributed by atoms with Crippen LogP contribution in [-0.2, 0) is 16.1 Å². The van der Waals surface area contributed by atoms with Crippen LogP contribution >= 0.6 is 0 Å². The monoisotopic (exact) mass is 428 g/mol. The van der Waals surface area contributed by atoms with Gasteiger partial charge in [-0.1, -0.05) is 12.1 Å². The number of nitrogens with one attached hydrogen (secondary N) is 1. The van der Waals surface area contributed by atoms with Crippen LogP contribution in [0.1, 0.15) is 37.3 Å². The summed E-state index contributed by atoms with van der Waals surface area (Å²) in [7, 11) is 5.60. The first-order chi connectivity index (χ1) is 14.7. The van der Waals surface area contributed by atoms with Crippen molar-refractivity contribution in [2.75, 3.05) is 44.4 Å². The van der Waals surface area contributed by atoms with Gasteiger partial charge < -0.3 is 15.1 Å². The van der Waals surface area contributed by atoms with Gasteiger partial charge in [0, 0.05) is 40.2 Å². The molecule has 1 aromatic carbocycles. The van der Waals surface area contributed by atoms with Gasteiger partial charge in [-0.2, -0.15) is 0 Å². The fraction of sp³-hybridized carbons (Fsp3) is 0.455. The molecular formula is C22H29FN6O2. The summed E-state index contributed by atoms with van der Waals surface area (Å²) in [6, 6.07) is 7.81. The summed E-state index contributed by atoms with van der Waals surface area (Å²) in [5.74, 6) is 0.608. The minimum Gasteiger partial charge on any atom is -0.363 e. The van der Waals surface area contributed by atoms with E-state index in [1.807, 2.05) is 30.0 Å². The SMILES string of the molecule is CC(=O)N1CCC[C@H]1c1nc(CN(C)CC(=O)Nc2ccccc2F)cc(N(C)C)n1. The van der Waals surface area contributed by atoms with Crippen molar-refractivity contribution in [1.29, 1.82) is 0 Å². The molecule has 0 radical (unpaired) electrons. The molecular weight excluding hydrogens is 399 g/mol. The predicted molar refractivity (Wildman–Crippen MR) is 117 cm³/mol. The normalized spacial score (nSPS) is 15.9. The molecule has 0 unspecified atom stereocenters. The maximum atomic E-state index is 13.8. The molecule has 3 rings (SSSR count). The molecule has 166 valence electrons. The van der Waals surface area contributed by atoms with Crippen LogP contribution in [-0.4, -0.2) is 65.8 Å². The molecule has 0 bridgehead atoms. The average Bonchev–Trinajstić information content (AvgIpc) is 3.19. The Hall–Kier alpha value is -3.07. The number of likely N-dealkylation sites (N-methyl/N-ethyl adjacent to an activating group) is 1. The number of aromatic nitrogens is 2. The topological polar surface area (TPSA) is 81.7 Å². The first-order valence-electron chi connectivity index (χ1n) is 10.3. The largest absolute Gasteiger partial charge is 0.363 e. The van der Waals surface area contributed by atoms with Crippen molar-refractivity contribution < 1.29 is 14.0 Å². The molecule has 1 saturated heterocycles. The lowest BCUT2D eigenvalue weighted by atomic mass is 10.2. The predicted octanol–water partition coefficient (Wildman–Crippen LogP) is 2.44. The molecule has 0 saturated carbocycles. The zero-order chi connectivity index (χ0) is 22.5. The number of amides is 2. The molecule has 1 aliphatic rings. The summed E-state index contributed by atoms with van der Waals surface area (Å²) in [4.78, 5) is 39.2. The van der Waals surface area contributed by atoms with Crippen LogP contribution in [0.5, 0.6) is 0 Å². The fourth-order valence-electron chi connectivity index (χ4n) is 3.70. The molecule has 2 heterocycles. The van der Waals surface area contributed by atoms with Gasteiger partial charge in [-0.25, -0.2) is 14.4 Å². The van der Waals surface area contributed by atoms with Crippen LogP contribution in [0.4, 0.5) is 15.9 Å². The quantitative estimate of drug-likeness (QED) is 0.730. The second-order valence-corrected chi connectivity index (χ2v) is 8.04. The Morgan fingerprint density at radius 1 is 1.23 bits per heavy atom. The van der Waals surface area contributed by atoms with E-state index in [4.69, 9.17) is 4.98 Å². The second kappa shape index (κ2) is 9.82. The molecule has 8 nitrogen and oxygen atoms in total. The number of benzene rings is 1. The van der Waals surface area contributed by atoms with Crippen molar-refractivity contribution in [2.45, 2.75) is 32.4 Å². The maximum Gasteiger partial charge on any atom is 0.238 e. The Balaban J connectivity index is 1.72. The number of carbonyl (C=O) groups is 2. The summed E-state index contributed by atoms with van der Waals surface area (Å²) in [6.45, 7) is 2.76. The van der Waals surface area contributed by atoms with Crippen LogP contribution in [0, 0.1) is 5.82 Å². The van der Waals surface area contributed by atoms with Gasteiger partial charge in [0.15, 0.2) is 5.82 Å². The lowest BCUT2D eigenvalue weighted by molar-refractivity contribution is -0.129. The summed E-state index contributed by atoms with van der Waals surface area (Å²) in [6.07, 6.45) is 1.75. The summed E-state index contributed by atoms with van der Waals surface area (Å²) < 4.78 is 13.8. The zero-order valence-electron chi connectivity index (χ0n) is 18.4. The number of likely N-dealkylation sites (tertiary alicyclic amines) is 1. The summed E-state index contributed by atoms with van der Waals surface area (Å²) >= 11 is 0. The smallest absolute Gasteiger partial charge is 0.238 e. The third-order valence-corrected chi connectivity index (χ3v) is 5.19. The highest BCUT2D eigenvalue weighted by atomic mass is 19.1. The zero-order valence-corrected chi connectivity index (χ0v) is 18.4. The molecule has 1 fully saturated rings. The molecule has 0 aliphatic carbocycles. The van der Waals surface area contributed by atoms with E-state index in [9.17, 15) is 14.0 Å². The minimum absolute atomic E-state index is 0.0184. The van der Waals surface area contributed by atoms with Gasteiger partial charge in [0.1, 0.15) is 11.6 Å².